The number of aryl methyl sites for hydroxylation is 1. The Labute approximate surface area is 121 Å². The van der Waals surface area contributed by atoms with E-state index in [-0.39, 0.29) is 4.90 Å². The first kappa shape index (κ1) is 15.0. The van der Waals surface area contributed by atoms with Gasteiger partial charge in [0.25, 0.3) is 0 Å². The summed E-state index contributed by atoms with van der Waals surface area (Å²) in [5.74, 6) is 0.908. The fourth-order valence-electron chi connectivity index (χ4n) is 2.60. The first-order valence-electron chi connectivity index (χ1n) is 6.87. The molecule has 108 valence electrons. The van der Waals surface area contributed by atoms with Crippen LogP contribution in [-0.4, -0.2) is 25.8 Å². The van der Waals surface area contributed by atoms with Crippen LogP contribution in [0, 0.1) is 30.1 Å². The zero-order valence-electron chi connectivity index (χ0n) is 12.1. The van der Waals surface area contributed by atoms with E-state index < -0.39 is 10.0 Å². The molecule has 0 radical (unpaired) electrons. The van der Waals surface area contributed by atoms with E-state index in [1.54, 1.807) is 23.4 Å². The van der Waals surface area contributed by atoms with Crippen molar-refractivity contribution >= 4 is 10.0 Å². The molecule has 1 saturated heterocycles. The third-order valence-corrected chi connectivity index (χ3v) is 6.07. The lowest BCUT2D eigenvalue weighted by molar-refractivity contribution is 0.388. The van der Waals surface area contributed by atoms with Crippen molar-refractivity contribution in [3.63, 3.8) is 0 Å². The lowest BCUT2D eigenvalue weighted by Crippen LogP contribution is -2.30. The molecule has 1 fully saturated rings. The van der Waals surface area contributed by atoms with Crippen LogP contribution in [0.3, 0.4) is 0 Å². The van der Waals surface area contributed by atoms with Crippen molar-refractivity contribution in [1.29, 1.82) is 5.26 Å². The van der Waals surface area contributed by atoms with E-state index in [4.69, 9.17) is 5.26 Å². The quantitative estimate of drug-likeness (QED) is 0.860. The summed E-state index contributed by atoms with van der Waals surface area (Å²) in [5, 5.41) is 8.94. The molecule has 0 aromatic heterocycles. The number of sulfonamides is 1. The molecule has 1 aromatic rings. The molecular weight excluding hydrogens is 272 g/mol. The summed E-state index contributed by atoms with van der Waals surface area (Å²) in [7, 11) is -3.49. The normalized spacial score (nSPS) is 20.2. The third-order valence-electron chi connectivity index (χ3n) is 4.07. The van der Waals surface area contributed by atoms with Gasteiger partial charge in [0.05, 0.1) is 16.5 Å². The molecule has 1 heterocycles. The SMILES string of the molecule is Cc1ccc(C#N)cc1S(=O)(=O)N1CCC(C(C)C)C1. The first-order valence-corrected chi connectivity index (χ1v) is 8.31. The molecule has 1 aliphatic rings. The monoisotopic (exact) mass is 292 g/mol. The fraction of sp³-hybridized carbons (Fsp3) is 0.533. The molecule has 4 nitrogen and oxygen atoms in total. The zero-order valence-corrected chi connectivity index (χ0v) is 12.9. The van der Waals surface area contributed by atoms with E-state index in [0.29, 0.717) is 36.1 Å². The van der Waals surface area contributed by atoms with Gasteiger partial charge in [-0.05, 0) is 42.9 Å². The minimum Gasteiger partial charge on any atom is -0.207 e. The molecule has 1 aliphatic heterocycles. The lowest BCUT2D eigenvalue weighted by atomic mass is 9.96. The Hall–Kier alpha value is -1.38. The van der Waals surface area contributed by atoms with Gasteiger partial charge in [-0.2, -0.15) is 9.57 Å². The summed E-state index contributed by atoms with van der Waals surface area (Å²) in [6, 6.07) is 6.82. The number of nitrogens with zero attached hydrogens (tertiary/aromatic N) is 2. The van der Waals surface area contributed by atoms with Crippen LogP contribution in [0.5, 0.6) is 0 Å². The standard InChI is InChI=1S/C15H20N2O2S/c1-11(2)14-6-7-17(10-14)20(18,19)15-8-13(9-16)5-4-12(15)3/h4-5,8,11,14H,6-7,10H2,1-3H3. The molecule has 0 aliphatic carbocycles. The van der Waals surface area contributed by atoms with Gasteiger partial charge in [-0.1, -0.05) is 19.9 Å². The van der Waals surface area contributed by atoms with Crippen molar-refractivity contribution in [2.24, 2.45) is 11.8 Å². The van der Waals surface area contributed by atoms with Crippen LogP contribution in [0.2, 0.25) is 0 Å². The largest absolute Gasteiger partial charge is 0.243 e. The molecule has 20 heavy (non-hydrogen) atoms. The second-order valence-corrected chi connectivity index (χ2v) is 7.65. The van der Waals surface area contributed by atoms with Gasteiger partial charge in [0, 0.05) is 13.1 Å². The molecule has 1 atom stereocenters. The van der Waals surface area contributed by atoms with Crippen LogP contribution in [0.15, 0.2) is 23.1 Å². The number of hydrogen-bond acceptors (Lipinski definition) is 3. The summed E-state index contributed by atoms with van der Waals surface area (Å²) in [5.41, 5.74) is 1.07. The van der Waals surface area contributed by atoms with Gasteiger partial charge in [0.1, 0.15) is 0 Å². The number of benzene rings is 1. The first-order chi connectivity index (χ1) is 9.36. The van der Waals surface area contributed by atoms with Crippen molar-refractivity contribution < 1.29 is 8.42 Å². The van der Waals surface area contributed by atoms with Crippen LogP contribution in [0.4, 0.5) is 0 Å². The highest BCUT2D eigenvalue weighted by Crippen LogP contribution is 2.30. The maximum Gasteiger partial charge on any atom is 0.243 e. The molecule has 0 spiro atoms. The second-order valence-electron chi connectivity index (χ2n) is 5.75. The highest BCUT2D eigenvalue weighted by Gasteiger charge is 2.34. The van der Waals surface area contributed by atoms with Gasteiger partial charge in [-0.15, -0.1) is 0 Å². The predicted molar refractivity (Wildman–Crippen MR) is 77.6 cm³/mol. The van der Waals surface area contributed by atoms with Crippen molar-refractivity contribution in [3.8, 4) is 6.07 Å². The topological polar surface area (TPSA) is 61.2 Å². The summed E-state index contributed by atoms with van der Waals surface area (Å²) >= 11 is 0. The highest BCUT2D eigenvalue weighted by atomic mass is 32.2. The maximum absolute atomic E-state index is 12.7. The summed E-state index contributed by atoms with van der Waals surface area (Å²) in [6.07, 6.45) is 0.911. The molecule has 0 saturated carbocycles. The van der Waals surface area contributed by atoms with Crippen molar-refractivity contribution in [2.75, 3.05) is 13.1 Å². The van der Waals surface area contributed by atoms with E-state index in [0.717, 1.165) is 6.42 Å². The van der Waals surface area contributed by atoms with E-state index in [2.05, 4.69) is 13.8 Å². The van der Waals surface area contributed by atoms with Crippen molar-refractivity contribution in [1.82, 2.24) is 4.31 Å². The van der Waals surface area contributed by atoms with Crippen LogP contribution in [0.25, 0.3) is 0 Å². The summed E-state index contributed by atoms with van der Waals surface area (Å²) in [4.78, 5) is 0.265. The van der Waals surface area contributed by atoms with Crippen LogP contribution >= 0.6 is 0 Å². The predicted octanol–water partition coefficient (Wildman–Crippen LogP) is 2.53. The van der Waals surface area contributed by atoms with Gasteiger partial charge < -0.3 is 0 Å². The fourth-order valence-corrected chi connectivity index (χ4v) is 4.37. The molecular formula is C15H20N2O2S. The molecule has 1 aromatic carbocycles. The van der Waals surface area contributed by atoms with Gasteiger partial charge in [0.15, 0.2) is 0 Å². The Balaban J connectivity index is 2.35. The van der Waals surface area contributed by atoms with E-state index in [1.807, 2.05) is 6.07 Å². The molecule has 0 N–H and O–H groups in total. The van der Waals surface area contributed by atoms with Crippen molar-refractivity contribution in [3.05, 3.63) is 29.3 Å². The van der Waals surface area contributed by atoms with Gasteiger partial charge in [-0.25, -0.2) is 8.42 Å². The smallest absolute Gasteiger partial charge is 0.207 e. The number of rotatable bonds is 3. The maximum atomic E-state index is 12.7. The number of nitriles is 1. The van der Waals surface area contributed by atoms with Crippen molar-refractivity contribution in [2.45, 2.75) is 32.1 Å². The average molecular weight is 292 g/mol. The molecule has 0 amide bonds. The summed E-state index contributed by atoms with van der Waals surface area (Å²) < 4.78 is 27.0. The Morgan fingerprint density at radius 2 is 2.10 bits per heavy atom. The van der Waals surface area contributed by atoms with Gasteiger partial charge in [-0.3, -0.25) is 0 Å². The Bertz CT molecular complexity index is 644. The minimum absolute atomic E-state index is 0.265. The molecule has 2 rings (SSSR count). The van der Waals surface area contributed by atoms with E-state index in [1.165, 1.54) is 6.07 Å². The highest BCUT2D eigenvalue weighted by molar-refractivity contribution is 7.89. The lowest BCUT2D eigenvalue weighted by Gasteiger charge is -2.19. The molecule has 0 bridgehead atoms. The summed E-state index contributed by atoms with van der Waals surface area (Å²) in [6.45, 7) is 7.17. The van der Waals surface area contributed by atoms with E-state index >= 15 is 0 Å². The zero-order chi connectivity index (χ0) is 14.9. The average Bonchev–Trinajstić information content (AvgIpc) is 2.89. The molecule has 5 heteroatoms. The van der Waals surface area contributed by atoms with Gasteiger partial charge in [0.2, 0.25) is 10.0 Å². The third kappa shape index (κ3) is 2.72. The van der Waals surface area contributed by atoms with Crippen LogP contribution in [0.1, 0.15) is 31.4 Å². The Morgan fingerprint density at radius 3 is 2.65 bits per heavy atom. The Morgan fingerprint density at radius 1 is 1.40 bits per heavy atom. The van der Waals surface area contributed by atoms with Crippen LogP contribution in [-0.2, 0) is 10.0 Å². The Kier molecular flexibility index (Phi) is 4.17. The second kappa shape index (κ2) is 5.55. The minimum atomic E-state index is -3.49. The number of hydrogen-bond donors (Lipinski definition) is 0. The van der Waals surface area contributed by atoms with E-state index in [9.17, 15) is 8.42 Å². The van der Waals surface area contributed by atoms with Crippen LogP contribution < -0.4 is 0 Å². The van der Waals surface area contributed by atoms with Gasteiger partial charge >= 0.3 is 0 Å². The molecule has 1 unspecified atom stereocenters.